The molecule has 2 aromatic carbocycles. The second-order valence-corrected chi connectivity index (χ2v) is 9.68. The smallest absolute Gasteiger partial charge is 0.284 e. The van der Waals surface area contributed by atoms with Gasteiger partial charge in [0, 0.05) is 11.2 Å². The van der Waals surface area contributed by atoms with Gasteiger partial charge in [-0.05, 0) is 36.1 Å². The molecular formula is C23H26ClN3O3S. The zero-order valence-electron chi connectivity index (χ0n) is 17.6. The fourth-order valence-electron chi connectivity index (χ4n) is 3.23. The van der Waals surface area contributed by atoms with Gasteiger partial charge in [-0.15, -0.1) is 0 Å². The van der Waals surface area contributed by atoms with Crippen LogP contribution < -0.4 is 4.72 Å². The molecule has 0 saturated heterocycles. The first-order valence-corrected chi connectivity index (χ1v) is 12.2. The second-order valence-electron chi connectivity index (χ2n) is 7.43. The maximum absolute atomic E-state index is 12.4. The van der Waals surface area contributed by atoms with Crippen LogP contribution in [0.25, 0.3) is 11.1 Å². The Balaban J connectivity index is 1.72. The van der Waals surface area contributed by atoms with Gasteiger partial charge in [-0.2, -0.15) is 0 Å². The van der Waals surface area contributed by atoms with E-state index in [2.05, 4.69) is 9.71 Å². The topological polar surface area (TPSA) is 81.1 Å². The van der Waals surface area contributed by atoms with Crippen molar-refractivity contribution in [2.45, 2.75) is 39.7 Å². The maximum atomic E-state index is 12.4. The van der Waals surface area contributed by atoms with E-state index in [9.17, 15) is 13.2 Å². The Morgan fingerprint density at radius 3 is 2.52 bits per heavy atom. The minimum atomic E-state index is -3.67. The summed E-state index contributed by atoms with van der Waals surface area (Å²) in [4.78, 5) is 16.6. The lowest BCUT2D eigenvalue weighted by Crippen LogP contribution is -2.32. The Morgan fingerprint density at radius 1 is 1.10 bits per heavy atom. The number of sulfonamides is 1. The van der Waals surface area contributed by atoms with E-state index in [1.165, 1.54) is 0 Å². The number of amides is 1. The number of halogens is 1. The van der Waals surface area contributed by atoms with Crippen LogP contribution in [0.5, 0.6) is 0 Å². The lowest BCUT2D eigenvalue weighted by Gasteiger charge is -2.09. The Kier molecular flexibility index (Phi) is 7.51. The van der Waals surface area contributed by atoms with Crippen molar-refractivity contribution in [2.75, 3.05) is 5.75 Å². The highest BCUT2D eigenvalue weighted by atomic mass is 35.5. The van der Waals surface area contributed by atoms with Crippen LogP contribution in [0.3, 0.4) is 0 Å². The van der Waals surface area contributed by atoms with E-state index in [0.29, 0.717) is 23.8 Å². The summed E-state index contributed by atoms with van der Waals surface area (Å²) in [5.74, 6) is -0.198. The lowest BCUT2D eigenvalue weighted by molar-refractivity contribution is 0.0977. The van der Waals surface area contributed by atoms with Crippen LogP contribution in [0.1, 0.15) is 48.1 Å². The van der Waals surface area contributed by atoms with Gasteiger partial charge in [-0.3, -0.25) is 4.79 Å². The molecule has 1 amide bonds. The normalized spacial score (nSPS) is 11.5. The third-order valence-corrected chi connectivity index (χ3v) is 6.65. The molecule has 0 spiro atoms. The summed E-state index contributed by atoms with van der Waals surface area (Å²) in [5.41, 5.74) is 3.04. The number of hydrogen-bond acceptors (Lipinski definition) is 4. The van der Waals surface area contributed by atoms with Crippen LogP contribution in [-0.2, 0) is 16.6 Å². The molecule has 6 nitrogen and oxygen atoms in total. The predicted molar refractivity (Wildman–Crippen MR) is 124 cm³/mol. The number of nitrogens with zero attached hydrogens (tertiary/aromatic N) is 2. The van der Waals surface area contributed by atoms with Crippen molar-refractivity contribution < 1.29 is 13.2 Å². The number of carbonyl (C=O) groups is 1. The molecule has 1 N–H and O–H groups in total. The number of aryl methyl sites for hydroxylation is 1. The van der Waals surface area contributed by atoms with Crippen molar-refractivity contribution in [3.63, 3.8) is 0 Å². The number of aromatic nitrogens is 2. The summed E-state index contributed by atoms with van der Waals surface area (Å²) in [6.07, 6.45) is 3.77. The van der Waals surface area contributed by atoms with Gasteiger partial charge in [-0.1, -0.05) is 73.8 Å². The lowest BCUT2D eigenvalue weighted by atomic mass is 10.0. The summed E-state index contributed by atoms with van der Waals surface area (Å²) >= 11 is 6.51. The number of benzene rings is 2. The fraction of sp³-hybridized carbons (Fsp3) is 0.304. The average molecular weight is 460 g/mol. The Hall–Kier alpha value is -2.64. The van der Waals surface area contributed by atoms with Gasteiger partial charge in [0.1, 0.15) is 11.5 Å². The molecule has 0 fully saturated rings. The molecule has 0 saturated carbocycles. The van der Waals surface area contributed by atoms with Crippen LogP contribution in [0.15, 0.2) is 54.7 Å². The van der Waals surface area contributed by atoms with Crippen LogP contribution in [0.4, 0.5) is 0 Å². The Labute approximate surface area is 188 Å². The molecule has 0 aliphatic heterocycles. The van der Waals surface area contributed by atoms with Crippen molar-refractivity contribution in [1.82, 2.24) is 14.3 Å². The standard InChI is InChI=1S/C23H26ClN3O3S/c1-3-4-8-13-31(29,30)26-23(28)22-16-27(17(2)25-22)15-20-12-11-19(14-21(20)24)18-9-6-5-7-10-18/h5-7,9-12,14,16H,3-4,8,13,15H2,1-2H3,(H,26,28). The van der Waals surface area contributed by atoms with Gasteiger partial charge in [-0.25, -0.2) is 18.1 Å². The molecule has 1 heterocycles. The van der Waals surface area contributed by atoms with E-state index in [0.717, 1.165) is 29.5 Å². The quantitative estimate of drug-likeness (QED) is 0.465. The van der Waals surface area contributed by atoms with E-state index in [4.69, 9.17) is 11.6 Å². The molecular weight excluding hydrogens is 434 g/mol. The molecule has 3 rings (SSSR count). The van der Waals surface area contributed by atoms with Gasteiger partial charge in [0.05, 0.1) is 12.3 Å². The molecule has 1 aromatic heterocycles. The van der Waals surface area contributed by atoms with E-state index < -0.39 is 15.9 Å². The summed E-state index contributed by atoms with van der Waals surface area (Å²) in [6, 6.07) is 15.8. The zero-order chi connectivity index (χ0) is 22.4. The summed E-state index contributed by atoms with van der Waals surface area (Å²) < 4.78 is 28.0. The van der Waals surface area contributed by atoms with Crippen LogP contribution in [0, 0.1) is 6.92 Å². The van der Waals surface area contributed by atoms with Gasteiger partial charge < -0.3 is 4.57 Å². The molecule has 0 unspecified atom stereocenters. The molecule has 0 aliphatic carbocycles. The minimum Gasteiger partial charge on any atom is -0.330 e. The Morgan fingerprint density at radius 2 is 1.84 bits per heavy atom. The van der Waals surface area contributed by atoms with Gasteiger partial charge >= 0.3 is 0 Å². The number of rotatable bonds is 9. The van der Waals surface area contributed by atoms with E-state index in [-0.39, 0.29) is 11.4 Å². The summed E-state index contributed by atoms with van der Waals surface area (Å²) in [5, 5.41) is 0.610. The molecule has 8 heteroatoms. The van der Waals surface area contributed by atoms with Crippen molar-refractivity contribution in [3.05, 3.63) is 76.8 Å². The SMILES string of the molecule is CCCCCS(=O)(=O)NC(=O)c1cn(Cc2ccc(-c3ccccc3)cc2Cl)c(C)n1. The molecule has 3 aromatic rings. The first-order valence-electron chi connectivity index (χ1n) is 10.2. The van der Waals surface area contributed by atoms with Crippen LogP contribution in [-0.4, -0.2) is 29.6 Å². The molecule has 0 radical (unpaired) electrons. The third-order valence-electron chi connectivity index (χ3n) is 4.97. The van der Waals surface area contributed by atoms with Crippen LogP contribution in [0.2, 0.25) is 5.02 Å². The number of carbonyl (C=O) groups excluding carboxylic acids is 1. The van der Waals surface area contributed by atoms with Crippen molar-refractivity contribution in [3.8, 4) is 11.1 Å². The Bertz CT molecular complexity index is 1160. The summed E-state index contributed by atoms with van der Waals surface area (Å²) in [6.45, 7) is 4.17. The predicted octanol–water partition coefficient (Wildman–Crippen LogP) is 4.81. The second kappa shape index (κ2) is 10.1. The highest BCUT2D eigenvalue weighted by molar-refractivity contribution is 7.90. The number of imidazole rings is 1. The molecule has 0 atom stereocenters. The van der Waals surface area contributed by atoms with Crippen molar-refractivity contribution in [1.29, 1.82) is 0 Å². The fourth-order valence-corrected chi connectivity index (χ4v) is 4.55. The van der Waals surface area contributed by atoms with Gasteiger partial charge in [0.25, 0.3) is 5.91 Å². The van der Waals surface area contributed by atoms with Crippen LogP contribution >= 0.6 is 11.6 Å². The van der Waals surface area contributed by atoms with Gasteiger partial charge in [0.15, 0.2) is 0 Å². The monoisotopic (exact) mass is 459 g/mol. The van der Waals surface area contributed by atoms with E-state index in [1.54, 1.807) is 17.7 Å². The highest BCUT2D eigenvalue weighted by Gasteiger charge is 2.19. The number of nitrogens with one attached hydrogen (secondary N) is 1. The molecule has 31 heavy (non-hydrogen) atoms. The average Bonchev–Trinajstić information content (AvgIpc) is 3.10. The molecule has 0 aliphatic rings. The van der Waals surface area contributed by atoms with Crippen molar-refractivity contribution in [2.24, 2.45) is 0 Å². The first-order chi connectivity index (χ1) is 14.8. The van der Waals surface area contributed by atoms with Gasteiger partial charge in [0.2, 0.25) is 10.0 Å². The largest absolute Gasteiger partial charge is 0.330 e. The third kappa shape index (κ3) is 6.18. The molecule has 164 valence electrons. The first kappa shape index (κ1) is 23.0. The van der Waals surface area contributed by atoms with E-state index >= 15 is 0 Å². The summed E-state index contributed by atoms with van der Waals surface area (Å²) in [7, 11) is -3.67. The zero-order valence-corrected chi connectivity index (χ0v) is 19.2. The number of unbranched alkanes of at least 4 members (excludes halogenated alkanes) is 2. The minimum absolute atomic E-state index is 0.0635. The maximum Gasteiger partial charge on any atom is 0.284 e. The number of hydrogen-bond donors (Lipinski definition) is 1. The highest BCUT2D eigenvalue weighted by Crippen LogP contribution is 2.26. The van der Waals surface area contributed by atoms with Crippen molar-refractivity contribution >= 4 is 27.5 Å². The van der Waals surface area contributed by atoms with E-state index in [1.807, 2.05) is 55.5 Å². The molecule has 0 bridgehead atoms.